The molecule has 0 aliphatic carbocycles. The highest BCUT2D eigenvalue weighted by Crippen LogP contribution is 2.21. The van der Waals surface area contributed by atoms with Crippen molar-refractivity contribution < 1.29 is 9.13 Å². The van der Waals surface area contributed by atoms with Gasteiger partial charge in [-0.1, -0.05) is 6.07 Å². The molecule has 0 radical (unpaired) electrons. The molecule has 0 bridgehead atoms. The van der Waals surface area contributed by atoms with Crippen LogP contribution >= 0.6 is 0 Å². The van der Waals surface area contributed by atoms with Gasteiger partial charge in [0, 0.05) is 12.3 Å². The number of methoxy groups -OCH3 is 1. The SMILES string of the molecule is COc1ccc(F)c(NCc2ccccn2)c1. The molecule has 2 rings (SSSR count). The summed E-state index contributed by atoms with van der Waals surface area (Å²) in [6.45, 7) is 0.477. The van der Waals surface area contributed by atoms with Crippen LogP contribution in [0, 0.1) is 5.82 Å². The van der Waals surface area contributed by atoms with Crippen LogP contribution in [0.15, 0.2) is 42.6 Å². The molecule has 3 nitrogen and oxygen atoms in total. The number of hydrogen-bond acceptors (Lipinski definition) is 3. The van der Waals surface area contributed by atoms with E-state index in [1.807, 2.05) is 18.2 Å². The van der Waals surface area contributed by atoms with E-state index in [4.69, 9.17) is 4.74 Å². The zero-order chi connectivity index (χ0) is 12.1. The molecule has 1 aromatic heterocycles. The molecule has 0 aliphatic rings. The summed E-state index contributed by atoms with van der Waals surface area (Å²) in [5.41, 5.74) is 1.27. The Labute approximate surface area is 99.3 Å². The first-order valence-corrected chi connectivity index (χ1v) is 5.27. The monoisotopic (exact) mass is 232 g/mol. The van der Waals surface area contributed by atoms with Gasteiger partial charge in [-0.15, -0.1) is 0 Å². The Hall–Kier alpha value is -2.10. The minimum Gasteiger partial charge on any atom is -0.497 e. The first kappa shape index (κ1) is 11.4. The van der Waals surface area contributed by atoms with Gasteiger partial charge in [0.25, 0.3) is 0 Å². The molecule has 0 atom stereocenters. The summed E-state index contributed by atoms with van der Waals surface area (Å²) in [5, 5.41) is 2.99. The Morgan fingerprint density at radius 1 is 1.29 bits per heavy atom. The lowest BCUT2D eigenvalue weighted by atomic mass is 10.2. The minimum atomic E-state index is -0.304. The van der Waals surface area contributed by atoms with Crippen molar-refractivity contribution in [1.82, 2.24) is 4.98 Å². The summed E-state index contributed by atoms with van der Waals surface area (Å²) < 4.78 is 18.5. The van der Waals surface area contributed by atoms with Gasteiger partial charge in [0.15, 0.2) is 0 Å². The van der Waals surface area contributed by atoms with Crippen LogP contribution in [0.3, 0.4) is 0 Å². The quantitative estimate of drug-likeness (QED) is 0.880. The average molecular weight is 232 g/mol. The fourth-order valence-electron chi connectivity index (χ4n) is 1.46. The van der Waals surface area contributed by atoms with Crippen LogP contribution in [-0.2, 0) is 6.54 Å². The maximum atomic E-state index is 13.5. The highest BCUT2D eigenvalue weighted by molar-refractivity contribution is 5.49. The summed E-state index contributed by atoms with van der Waals surface area (Å²) >= 11 is 0. The number of nitrogens with one attached hydrogen (secondary N) is 1. The van der Waals surface area contributed by atoms with Crippen molar-refractivity contribution in [2.24, 2.45) is 0 Å². The van der Waals surface area contributed by atoms with Crippen LogP contribution in [0.1, 0.15) is 5.69 Å². The van der Waals surface area contributed by atoms with Gasteiger partial charge in [0.2, 0.25) is 0 Å². The Kier molecular flexibility index (Phi) is 3.55. The zero-order valence-electron chi connectivity index (χ0n) is 9.48. The molecule has 0 fully saturated rings. The maximum Gasteiger partial charge on any atom is 0.146 e. The lowest BCUT2D eigenvalue weighted by molar-refractivity contribution is 0.414. The van der Waals surface area contributed by atoms with Crippen molar-refractivity contribution in [2.45, 2.75) is 6.54 Å². The molecule has 1 heterocycles. The highest BCUT2D eigenvalue weighted by atomic mass is 19.1. The molecular formula is C13H13FN2O. The summed E-state index contributed by atoms with van der Waals surface area (Å²) in [6, 6.07) is 10.2. The van der Waals surface area contributed by atoms with Crippen LogP contribution in [0.5, 0.6) is 5.75 Å². The lowest BCUT2D eigenvalue weighted by Gasteiger charge is -2.08. The number of benzene rings is 1. The van der Waals surface area contributed by atoms with Gasteiger partial charge in [0.1, 0.15) is 11.6 Å². The summed E-state index contributed by atoms with van der Waals surface area (Å²) in [5.74, 6) is 0.316. The molecule has 2 aromatic rings. The smallest absolute Gasteiger partial charge is 0.146 e. The second-order valence-corrected chi connectivity index (χ2v) is 3.52. The molecule has 0 spiro atoms. The van der Waals surface area contributed by atoms with Crippen LogP contribution in [0.2, 0.25) is 0 Å². The normalized spacial score (nSPS) is 10.0. The van der Waals surface area contributed by atoms with E-state index in [0.29, 0.717) is 18.0 Å². The van der Waals surface area contributed by atoms with Crippen molar-refractivity contribution in [3.05, 3.63) is 54.1 Å². The van der Waals surface area contributed by atoms with Crippen LogP contribution in [0.25, 0.3) is 0 Å². The molecule has 0 saturated carbocycles. The third-order valence-corrected chi connectivity index (χ3v) is 2.36. The Morgan fingerprint density at radius 2 is 2.18 bits per heavy atom. The van der Waals surface area contributed by atoms with Crippen molar-refractivity contribution in [1.29, 1.82) is 0 Å². The van der Waals surface area contributed by atoms with Crippen molar-refractivity contribution in [3.8, 4) is 5.75 Å². The van der Waals surface area contributed by atoms with Crippen LogP contribution in [0.4, 0.5) is 10.1 Å². The number of hydrogen-bond donors (Lipinski definition) is 1. The summed E-state index contributed by atoms with van der Waals surface area (Å²) in [6.07, 6.45) is 1.71. The lowest BCUT2D eigenvalue weighted by Crippen LogP contribution is -2.03. The second-order valence-electron chi connectivity index (χ2n) is 3.52. The molecule has 1 aromatic carbocycles. The first-order valence-electron chi connectivity index (χ1n) is 5.27. The van der Waals surface area contributed by atoms with Crippen molar-refractivity contribution >= 4 is 5.69 Å². The number of aromatic nitrogens is 1. The van der Waals surface area contributed by atoms with Gasteiger partial charge in [-0.05, 0) is 24.3 Å². The van der Waals surface area contributed by atoms with E-state index in [2.05, 4.69) is 10.3 Å². The highest BCUT2D eigenvalue weighted by Gasteiger charge is 2.03. The summed E-state index contributed by atoms with van der Waals surface area (Å²) in [7, 11) is 1.55. The average Bonchev–Trinajstić information content (AvgIpc) is 2.39. The van der Waals surface area contributed by atoms with Crippen molar-refractivity contribution in [2.75, 3.05) is 12.4 Å². The molecule has 4 heteroatoms. The topological polar surface area (TPSA) is 34.1 Å². The Balaban J connectivity index is 2.08. The molecule has 0 amide bonds. The van der Waals surface area contributed by atoms with Gasteiger partial charge >= 0.3 is 0 Å². The zero-order valence-corrected chi connectivity index (χ0v) is 9.48. The van der Waals surface area contributed by atoms with Gasteiger partial charge in [-0.3, -0.25) is 4.98 Å². The van der Waals surface area contributed by atoms with Gasteiger partial charge < -0.3 is 10.1 Å². The predicted molar refractivity (Wildman–Crippen MR) is 64.5 cm³/mol. The number of anilines is 1. The molecule has 17 heavy (non-hydrogen) atoms. The van der Waals surface area contributed by atoms with Gasteiger partial charge in [-0.25, -0.2) is 4.39 Å². The standard InChI is InChI=1S/C13H13FN2O/c1-17-11-5-6-12(14)13(8-11)16-9-10-4-2-3-7-15-10/h2-8,16H,9H2,1H3. The molecule has 0 unspecified atom stereocenters. The predicted octanol–water partition coefficient (Wildman–Crippen LogP) is 2.84. The van der Waals surface area contributed by atoms with E-state index in [1.54, 1.807) is 25.4 Å². The molecular weight excluding hydrogens is 219 g/mol. The molecule has 88 valence electrons. The second kappa shape index (κ2) is 5.30. The van der Waals surface area contributed by atoms with E-state index < -0.39 is 0 Å². The number of nitrogens with zero attached hydrogens (tertiary/aromatic N) is 1. The Morgan fingerprint density at radius 3 is 2.88 bits per heavy atom. The Bertz CT molecular complexity index is 488. The number of rotatable bonds is 4. The van der Waals surface area contributed by atoms with Gasteiger partial charge in [-0.2, -0.15) is 0 Å². The number of ether oxygens (including phenoxy) is 1. The van der Waals surface area contributed by atoms with Crippen LogP contribution in [-0.4, -0.2) is 12.1 Å². The van der Waals surface area contributed by atoms with E-state index in [0.717, 1.165) is 5.69 Å². The summed E-state index contributed by atoms with van der Waals surface area (Å²) in [4.78, 5) is 4.15. The number of halogens is 1. The molecule has 1 N–H and O–H groups in total. The maximum absolute atomic E-state index is 13.5. The van der Waals surface area contributed by atoms with E-state index in [1.165, 1.54) is 6.07 Å². The van der Waals surface area contributed by atoms with E-state index >= 15 is 0 Å². The fraction of sp³-hybridized carbons (Fsp3) is 0.154. The largest absolute Gasteiger partial charge is 0.497 e. The molecule has 0 saturated heterocycles. The fourth-order valence-corrected chi connectivity index (χ4v) is 1.46. The third-order valence-electron chi connectivity index (χ3n) is 2.36. The van der Waals surface area contributed by atoms with Crippen molar-refractivity contribution in [3.63, 3.8) is 0 Å². The molecule has 0 aliphatic heterocycles. The van der Waals surface area contributed by atoms with Gasteiger partial charge in [0.05, 0.1) is 25.0 Å². The van der Waals surface area contributed by atoms with E-state index in [9.17, 15) is 4.39 Å². The first-order chi connectivity index (χ1) is 8.29. The van der Waals surface area contributed by atoms with E-state index in [-0.39, 0.29) is 5.82 Å². The number of pyridine rings is 1. The van der Waals surface area contributed by atoms with Crippen LogP contribution < -0.4 is 10.1 Å². The minimum absolute atomic E-state index is 0.304. The third kappa shape index (κ3) is 2.93.